The van der Waals surface area contributed by atoms with Crippen molar-refractivity contribution in [1.29, 1.82) is 0 Å². The molecule has 1 atom stereocenters. The molecule has 0 unspecified atom stereocenters. The van der Waals surface area contributed by atoms with Gasteiger partial charge in [0, 0.05) is 30.1 Å². The smallest absolute Gasteiger partial charge is 0.257 e. The molecule has 1 fully saturated rings. The minimum absolute atomic E-state index is 0.00759. The van der Waals surface area contributed by atoms with Crippen molar-refractivity contribution in [1.82, 2.24) is 9.55 Å². The number of ketones is 1. The second-order valence-corrected chi connectivity index (χ2v) is 11.0. The summed E-state index contributed by atoms with van der Waals surface area (Å²) >= 11 is 1.21. The molecule has 0 radical (unpaired) electrons. The number of ether oxygens (including phenoxy) is 1. The standard InChI is InChI=1S/C22H26N2O5S2/c1-4-31(26,27)17-7-8-21-19(11-17)23-22(29-21)30-13-20(25)18-10-14(2)24(15(18)3)12-16-6-5-9-28-16/h7-8,10-11,16H,4-6,9,12-13H2,1-3H3/t16-/m0/s1. The normalized spacial score (nSPS) is 16.9. The van der Waals surface area contributed by atoms with E-state index < -0.39 is 9.84 Å². The van der Waals surface area contributed by atoms with E-state index in [0.29, 0.717) is 21.9 Å². The van der Waals surface area contributed by atoms with Crippen LogP contribution in [0.2, 0.25) is 0 Å². The van der Waals surface area contributed by atoms with Crippen LogP contribution < -0.4 is 0 Å². The van der Waals surface area contributed by atoms with E-state index in [1.165, 1.54) is 23.9 Å². The summed E-state index contributed by atoms with van der Waals surface area (Å²) in [6.45, 7) is 7.16. The van der Waals surface area contributed by atoms with E-state index in [-0.39, 0.29) is 28.3 Å². The van der Waals surface area contributed by atoms with E-state index in [0.717, 1.165) is 37.4 Å². The third kappa shape index (κ3) is 4.58. The van der Waals surface area contributed by atoms with Gasteiger partial charge >= 0.3 is 0 Å². The largest absolute Gasteiger partial charge is 0.431 e. The van der Waals surface area contributed by atoms with Crippen LogP contribution in [0.15, 0.2) is 38.8 Å². The minimum Gasteiger partial charge on any atom is -0.431 e. The van der Waals surface area contributed by atoms with E-state index in [1.807, 2.05) is 19.9 Å². The van der Waals surface area contributed by atoms with Crippen LogP contribution in [-0.2, 0) is 21.1 Å². The molecule has 166 valence electrons. The Labute approximate surface area is 186 Å². The lowest BCUT2D eigenvalue weighted by atomic mass is 10.2. The Morgan fingerprint density at radius 2 is 2.10 bits per heavy atom. The zero-order valence-electron chi connectivity index (χ0n) is 17.9. The summed E-state index contributed by atoms with van der Waals surface area (Å²) in [4.78, 5) is 17.4. The second-order valence-electron chi connectivity index (χ2n) is 7.76. The molecule has 2 aromatic heterocycles. The van der Waals surface area contributed by atoms with Crippen LogP contribution in [0.25, 0.3) is 11.1 Å². The van der Waals surface area contributed by atoms with Gasteiger partial charge in [-0.2, -0.15) is 0 Å². The summed E-state index contributed by atoms with van der Waals surface area (Å²) in [6.07, 6.45) is 2.35. The van der Waals surface area contributed by atoms with Crippen molar-refractivity contribution >= 4 is 38.5 Å². The van der Waals surface area contributed by atoms with Gasteiger partial charge in [-0.25, -0.2) is 13.4 Å². The highest BCUT2D eigenvalue weighted by atomic mass is 32.2. The monoisotopic (exact) mass is 462 g/mol. The van der Waals surface area contributed by atoms with E-state index in [4.69, 9.17) is 9.15 Å². The van der Waals surface area contributed by atoms with Gasteiger partial charge in [-0.1, -0.05) is 18.7 Å². The highest BCUT2D eigenvalue weighted by molar-refractivity contribution is 7.99. The average Bonchev–Trinajstić information content (AvgIpc) is 3.47. The van der Waals surface area contributed by atoms with Gasteiger partial charge in [0.05, 0.1) is 22.5 Å². The molecule has 1 saturated heterocycles. The van der Waals surface area contributed by atoms with E-state index in [2.05, 4.69) is 9.55 Å². The van der Waals surface area contributed by atoms with E-state index in [1.54, 1.807) is 13.0 Å². The predicted octanol–water partition coefficient (Wildman–Crippen LogP) is 4.19. The summed E-state index contributed by atoms with van der Waals surface area (Å²) in [6, 6.07) is 6.58. The summed E-state index contributed by atoms with van der Waals surface area (Å²) in [5.41, 5.74) is 3.67. The van der Waals surface area contributed by atoms with Gasteiger partial charge < -0.3 is 13.7 Å². The molecule has 1 aliphatic heterocycles. The first kappa shape index (κ1) is 22.1. The first-order valence-electron chi connectivity index (χ1n) is 10.4. The number of sulfone groups is 1. The van der Waals surface area contributed by atoms with Gasteiger partial charge in [0.1, 0.15) is 5.52 Å². The molecule has 7 nitrogen and oxygen atoms in total. The zero-order valence-corrected chi connectivity index (χ0v) is 19.5. The molecule has 1 aromatic carbocycles. The molecule has 0 spiro atoms. The van der Waals surface area contributed by atoms with Gasteiger partial charge in [-0.05, 0) is 51.0 Å². The Balaban J connectivity index is 1.46. The lowest BCUT2D eigenvalue weighted by molar-refractivity contribution is 0.0957. The molecule has 0 amide bonds. The number of hydrogen-bond acceptors (Lipinski definition) is 7. The number of nitrogens with zero attached hydrogens (tertiary/aromatic N) is 2. The maximum absolute atomic E-state index is 12.9. The number of hydrogen-bond donors (Lipinski definition) is 0. The van der Waals surface area contributed by atoms with Gasteiger partial charge in [-0.15, -0.1) is 0 Å². The summed E-state index contributed by atoms with van der Waals surface area (Å²) < 4.78 is 37.7. The van der Waals surface area contributed by atoms with Gasteiger partial charge in [0.15, 0.2) is 21.2 Å². The number of aryl methyl sites for hydroxylation is 1. The Morgan fingerprint density at radius 1 is 1.29 bits per heavy atom. The van der Waals surface area contributed by atoms with Crippen LogP contribution >= 0.6 is 11.8 Å². The Kier molecular flexibility index (Phi) is 6.27. The fourth-order valence-electron chi connectivity index (χ4n) is 3.87. The topological polar surface area (TPSA) is 91.4 Å². The summed E-state index contributed by atoms with van der Waals surface area (Å²) in [7, 11) is -3.31. The first-order valence-corrected chi connectivity index (χ1v) is 13.0. The van der Waals surface area contributed by atoms with Crippen LogP contribution in [0, 0.1) is 13.8 Å². The maximum atomic E-state index is 12.9. The molecule has 4 rings (SSSR count). The molecule has 0 bridgehead atoms. The fraction of sp³-hybridized carbons (Fsp3) is 0.455. The molecule has 9 heteroatoms. The zero-order chi connectivity index (χ0) is 22.2. The van der Waals surface area contributed by atoms with Crippen molar-refractivity contribution in [2.24, 2.45) is 0 Å². The quantitative estimate of drug-likeness (QED) is 0.366. The molecule has 3 aromatic rings. The lowest BCUT2D eigenvalue weighted by Crippen LogP contribution is -2.17. The number of oxazole rings is 1. The van der Waals surface area contributed by atoms with Crippen molar-refractivity contribution in [2.45, 2.75) is 56.4 Å². The molecule has 1 aliphatic rings. The average molecular weight is 463 g/mol. The molecular formula is C22H26N2O5S2. The van der Waals surface area contributed by atoms with Crippen LogP contribution in [0.4, 0.5) is 0 Å². The number of fused-ring (bicyclic) bond motifs is 1. The van der Waals surface area contributed by atoms with Gasteiger partial charge in [-0.3, -0.25) is 4.79 Å². The van der Waals surface area contributed by atoms with Crippen LogP contribution in [0.5, 0.6) is 0 Å². The van der Waals surface area contributed by atoms with Crippen LogP contribution in [0.3, 0.4) is 0 Å². The number of carbonyl (C=O) groups is 1. The maximum Gasteiger partial charge on any atom is 0.257 e. The predicted molar refractivity (Wildman–Crippen MR) is 120 cm³/mol. The van der Waals surface area contributed by atoms with Crippen LogP contribution in [0.1, 0.15) is 41.5 Å². The number of Topliss-reactive ketones (excluding diaryl/α,β-unsaturated/α-hetero) is 1. The Bertz CT molecular complexity index is 1220. The molecule has 0 N–H and O–H groups in total. The van der Waals surface area contributed by atoms with E-state index >= 15 is 0 Å². The van der Waals surface area contributed by atoms with Gasteiger partial charge in [0.25, 0.3) is 5.22 Å². The van der Waals surface area contributed by atoms with Crippen molar-refractivity contribution < 1.29 is 22.4 Å². The summed E-state index contributed by atoms with van der Waals surface area (Å²) in [5.74, 6) is 0.225. The number of carbonyl (C=O) groups excluding carboxylic acids is 1. The fourth-order valence-corrected chi connectivity index (χ4v) is 5.49. The number of benzene rings is 1. The van der Waals surface area contributed by atoms with Gasteiger partial charge in [0.2, 0.25) is 0 Å². The molecule has 3 heterocycles. The highest BCUT2D eigenvalue weighted by Crippen LogP contribution is 2.27. The molecule has 0 saturated carbocycles. The SMILES string of the molecule is CCS(=O)(=O)c1ccc2oc(SCC(=O)c3cc(C)n(C[C@@H]4CCCO4)c3C)nc2c1. The first-order chi connectivity index (χ1) is 14.8. The molecule has 0 aliphatic carbocycles. The van der Waals surface area contributed by atoms with Crippen molar-refractivity contribution in [3.8, 4) is 0 Å². The van der Waals surface area contributed by atoms with Crippen molar-refractivity contribution in [2.75, 3.05) is 18.1 Å². The van der Waals surface area contributed by atoms with Crippen molar-refractivity contribution in [3.05, 3.63) is 41.2 Å². The highest BCUT2D eigenvalue weighted by Gasteiger charge is 2.22. The van der Waals surface area contributed by atoms with Crippen molar-refractivity contribution in [3.63, 3.8) is 0 Å². The third-order valence-electron chi connectivity index (χ3n) is 5.69. The lowest BCUT2D eigenvalue weighted by Gasteiger charge is -2.14. The van der Waals surface area contributed by atoms with Crippen LogP contribution in [-0.4, -0.2) is 48.0 Å². The number of thioether (sulfide) groups is 1. The molecule has 31 heavy (non-hydrogen) atoms. The third-order valence-corrected chi connectivity index (χ3v) is 8.25. The number of aromatic nitrogens is 2. The summed E-state index contributed by atoms with van der Waals surface area (Å²) in [5, 5.41) is 0.350. The van der Waals surface area contributed by atoms with E-state index in [9.17, 15) is 13.2 Å². The molecular weight excluding hydrogens is 436 g/mol. The minimum atomic E-state index is -3.31. The Hall–Kier alpha value is -2.10. The number of rotatable bonds is 8. The Morgan fingerprint density at radius 3 is 2.81 bits per heavy atom. The second kappa shape index (κ2) is 8.80.